The molecule has 6 rings (SSSR count). The van der Waals surface area contributed by atoms with Gasteiger partial charge in [0, 0.05) is 0 Å². The highest BCUT2D eigenvalue weighted by Crippen LogP contribution is 2.51. The predicted octanol–water partition coefficient (Wildman–Crippen LogP) is 8.12. The molecule has 6 fully saturated rings. The summed E-state index contributed by atoms with van der Waals surface area (Å²) in [5.41, 5.74) is 0.797. The Morgan fingerprint density at radius 2 is 0.867 bits per heavy atom. The summed E-state index contributed by atoms with van der Waals surface area (Å²) in [7, 11) is 0. The maximum atomic E-state index is 11.0. The molecule has 0 aromatic carbocycles. The van der Waals surface area contributed by atoms with Crippen LogP contribution in [-0.4, -0.2) is 74.8 Å². The Hall–Kier alpha value is -0.240. The third kappa shape index (κ3) is 9.69. The minimum absolute atomic E-state index is 0.311. The molecule has 4 aliphatic carbocycles. The van der Waals surface area contributed by atoms with E-state index in [0.29, 0.717) is 53.9 Å². The number of epoxide rings is 2. The zero-order valence-corrected chi connectivity index (χ0v) is 29.4. The molecule has 0 aromatic rings. The highest BCUT2D eigenvalue weighted by Gasteiger charge is 2.43. The molecule has 4 saturated carbocycles. The molecule has 0 bridgehead atoms. The highest BCUT2D eigenvalue weighted by atomic mass is 16.6. The van der Waals surface area contributed by atoms with Crippen LogP contribution in [0.1, 0.15) is 137 Å². The van der Waals surface area contributed by atoms with Gasteiger partial charge in [0.25, 0.3) is 0 Å². The van der Waals surface area contributed by atoms with Crippen LogP contribution in [0.15, 0.2) is 0 Å². The van der Waals surface area contributed by atoms with Crippen LogP contribution >= 0.6 is 0 Å². The van der Waals surface area contributed by atoms with E-state index in [2.05, 4.69) is 27.7 Å². The first kappa shape index (κ1) is 34.6. The van der Waals surface area contributed by atoms with Gasteiger partial charge in [0.15, 0.2) is 0 Å². The van der Waals surface area contributed by atoms with Crippen molar-refractivity contribution in [2.45, 2.75) is 173 Å². The van der Waals surface area contributed by atoms with Gasteiger partial charge in [-0.2, -0.15) is 0 Å². The van der Waals surface area contributed by atoms with Gasteiger partial charge in [-0.1, -0.05) is 40.5 Å². The van der Waals surface area contributed by atoms with Crippen molar-refractivity contribution in [3.63, 3.8) is 0 Å². The number of aliphatic hydroxyl groups excluding tert-OH is 1. The van der Waals surface area contributed by atoms with E-state index in [9.17, 15) is 5.11 Å². The fraction of sp³-hybridized carbons (Fsp3) is 1.00. The van der Waals surface area contributed by atoms with E-state index in [1.54, 1.807) is 0 Å². The number of ether oxygens (including phenoxy) is 5. The zero-order valence-electron chi connectivity index (χ0n) is 29.4. The fourth-order valence-corrected chi connectivity index (χ4v) is 10.2. The summed E-state index contributed by atoms with van der Waals surface area (Å²) in [6, 6.07) is 0. The Labute approximate surface area is 275 Å². The maximum absolute atomic E-state index is 11.0. The summed E-state index contributed by atoms with van der Waals surface area (Å²) >= 11 is 0. The molecule has 6 nitrogen and oxygen atoms in total. The predicted molar refractivity (Wildman–Crippen MR) is 178 cm³/mol. The first-order chi connectivity index (χ1) is 21.7. The molecular formula is C39H68O6. The van der Waals surface area contributed by atoms with Gasteiger partial charge in [-0.15, -0.1) is 0 Å². The lowest BCUT2D eigenvalue weighted by molar-refractivity contribution is -0.0584. The van der Waals surface area contributed by atoms with Crippen molar-refractivity contribution >= 4 is 0 Å². The van der Waals surface area contributed by atoms with E-state index in [1.165, 1.54) is 89.9 Å². The van der Waals surface area contributed by atoms with E-state index in [4.69, 9.17) is 23.7 Å². The fourth-order valence-electron chi connectivity index (χ4n) is 10.2. The molecule has 2 heterocycles. The number of hydrogen-bond donors (Lipinski definition) is 1. The normalized spacial score (nSPS) is 40.2. The number of rotatable bonds is 15. The molecule has 0 radical (unpaired) electrons. The lowest BCUT2D eigenvalue weighted by atomic mass is 9.59. The second-order valence-corrected chi connectivity index (χ2v) is 17.6. The van der Waals surface area contributed by atoms with Crippen LogP contribution in [0, 0.1) is 40.4 Å². The van der Waals surface area contributed by atoms with Crippen LogP contribution < -0.4 is 0 Å². The summed E-state index contributed by atoms with van der Waals surface area (Å²) in [6.07, 6.45) is 22.7. The third-order valence-electron chi connectivity index (χ3n) is 14.0. The summed E-state index contributed by atoms with van der Waals surface area (Å²) in [6.45, 7) is 14.1. The molecule has 3 atom stereocenters. The van der Waals surface area contributed by atoms with E-state index in [1.807, 2.05) is 0 Å². The van der Waals surface area contributed by atoms with Crippen LogP contribution in [0.3, 0.4) is 0 Å². The van der Waals surface area contributed by atoms with Crippen molar-refractivity contribution in [1.82, 2.24) is 0 Å². The molecule has 6 aliphatic rings. The van der Waals surface area contributed by atoms with E-state index >= 15 is 0 Å². The maximum Gasteiger partial charge on any atom is 0.104 e. The van der Waals surface area contributed by atoms with Crippen LogP contribution in [-0.2, 0) is 23.7 Å². The van der Waals surface area contributed by atoms with Crippen LogP contribution in [0.25, 0.3) is 0 Å². The molecule has 0 amide bonds. The molecule has 2 saturated heterocycles. The standard InChI is InChI=1S/C39H68O6/c1-38(2,29-11-17-34(18-12-29)42-23-36-25-44-36)28-7-5-27(6-8-28)21-32(40)22-41-33-15-9-30(10-16-33)39(3,4)31-13-19-35(20-14-31)43-24-37-26-45-37/h27-37,40H,5-26H2,1-4H3. The summed E-state index contributed by atoms with van der Waals surface area (Å²) in [4.78, 5) is 0. The van der Waals surface area contributed by atoms with Crippen LogP contribution in [0.2, 0.25) is 0 Å². The molecule has 260 valence electrons. The molecular weight excluding hydrogens is 564 g/mol. The average molecular weight is 633 g/mol. The van der Waals surface area contributed by atoms with Crippen molar-refractivity contribution < 1.29 is 28.8 Å². The lowest BCUT2D eigenvalue weighted by Crippen LogP contribution is -2.39. The molecule has 6 heteroatoms. The highest BCUT2D eigenvalue weighted by molar-refractivity contribution is 4.93. The van der Waals surface area contributed by atoms with Crippen molar-refractivity contribution in [2.24, 2.45) is 40.4 Å². The molecule has 45 heavy (non-hydrogen) atoms. The van der Waals surface area contributed by atoms with Gasteiger partial charge in [-0.3, -0.25) is 0 Å². The largest absolute Gasteiger partial charge is 0.391 e. The lowest BCUT2D eigenvalue weighted by Gasteiger charge is -2.47. The van der Waals surface area contributed by atoms with Crippen molar-refractivity contribution in [3.8, 4) is 0 Å². The SMILES string of the molecule is CC(C)(C1CCC(CC(O)COC2CCC(C(C)(C)C3CCC(OCC4CO4)CC3)CC2)CC1)C1CCC(OCC2CO2)CC1. The van der Waals surface area contributed by atoms with Gasteiger partial charge in [-0.25, -0.2) is 0 Å². The molecule has 2 aliphatic heterocycles. The van der Waals surface area contributed by atoms with Gasteiger partial charge in [-0.05, 0) is 137 Å². The minimum atomic E-state index is -0.311. The van der Waals surface area contributed by atoms with Crippen molar-refractivity contribution in [3.05, 3.63) is 0 Å². The van der Waals surface area contributed by atoms with Crippen LogP contribution in [0.4, 0.5) is 0 Å². The Kier molecular flexibility index (Phi) is 12.0. The van der Waals surface area contributed by atoms with Gasteiger partial charge < -0.3 is 28.8 Å². The summed E-state index contributed by atoms with van der Waals surface area (Å²) in [5.74, 6) is 3.88. The van der Waals surface area contributed by atoms with E-state index < -0.39 is 0 Å². The number of hydrogen-bond acceptors (Lipinski definition) is 6. The van der Waals surface area contributed by atoms with Gasteiger partial charge in [0.2, 0.25) is 0 Å². The molecule has 3 unspecified atom stereocenters. The Morgan fingerprint density at radius 1 is 0.533 bits per heavy atom. The van der Waals surface area contributed by atoms with Gasteiger partial charge in [0.1, 0.15) is 12.2 Å². The van der Waals surface area contributed by atoms with E-state index in [0.717, 1.165) is 69.4 Å². The van der Waals surface area contributed by atoms with Crippen LogP contribution in [0.5, 0.6) is 0 Å². The van der Waals surface area contributed by atoms with Gasteiger partial charge >= 0.3 is 0 Å². The Morgan fingerprint density at radius 3 is 1.22 bits per heavy atom. The van der Waals surface area contributed by atoms with Crippen molar-refractivity contribution in [1.29, 1.82) is 0 Å². The minimum Gasteiger partial charge on any atom is -0.391 e. The monoisotopic (exact) mass is 633 g/mol. The Bertz CT molecular complexity index is 866. The average Bonchev–Trinajstić information content (AvgIpc) is 3.99. The smallest absolute Gasteiger partial charge is 0.104 e. The first-order valence-corrected chi connectivity index (χ1v) is 19.4. The molecule has 0 spiro atoms. The van der Waals surface area contributed by atoms with E-state index in [-0.39, 0.29) is 6.10 Å². The third-order valence-corrected chi connectivity index (χ3v) is 14.0. The second-order valence-electron chi connectivity index (χ2n) is 17.6. The van der Waals surface area contributed by atoms with Crippen molar-refractivity contribution in [2.75, 3.05) is 33.0 Å². The Balaban J connectivity index is 0.832. The number of aliphatic hydroxyl groups is 1. The topological polar surface area (TPSA) is 73.0 Å². The summed E-state index contributed by atoms with van der Waals surface area (Å²) in [5, 5.41) is 11.0. The quantitative estimate of drug-likeness (QED) is 0.184. The molecule has 1 N–H and O–H groups in total. The zero-order chi connectivity index (χ0) is 31.4. The second kappa shape index (κ2) is 15.5. The van der Waals surface area contributed by atoms with Gasteiger partial charge in [0.05, 0.1) is 57.5 Å². The molecule has 0 aromatic heterocycles. The first-order valence-electron chi connectivity index (χ1n) is 19.4. The summed E-state index contributed by atoms with van der Waals surface area (Å²) < 4.78 is 29.2.